The van der Waals surface area contributed by atoms with Crippen molar-refractivity contribution in [1.82, 2.24) is 25.9 Å². The number of carboxylic acids is 2. The molecule has 0 aliphatic rings. The van der Waals surface area contributed by atoms with E-state index in [1.165, 1.54) is 12.5 Å². The molecule has 0 aromatic carbocycles. The number of primary amides is 1. The third kappa shape index (κ3) is 10.6. The Bertz CT molecular complexity index is 906. The summed E-state index contributed by atoms with van der Waals surface area (Å²) in [7, 11) is 0. The molecule has 0 saturated heterocycles. The summed E-state index contributed by atoms with van der Waals surface area (Å²) in [5.74, 6) is -6.34. The third-order valence-corrected chi connectivity index (χ3v) is 4.72. The molecule has 11 N–H and O–H groups in total. The molecule has 0 bridgehead atoms. The summed E-state index contributed by atoms with van der Waals surface area (Å²) in [4.78, 5) is 77.8. The Kier molecular flexibility index (Phi) is 11.8. The summed E-state index contributed by atoms with van der Waals surface area (Å²) in [5, 5.41) is 34.2. The van der Waals surface area contributed by atoms with Gasteiger partial charge in [-0.25, -0.2) is 9.78 Å². The van der Waals surface area contributed by atoms with E-state index in [4.69, 9.17) is 21.7 Å². The first-order valence-corrected chi connectivity index (χ1v) is 10.4. The second kappa shape index (κ2) is 14.3. The number of nitrogens with zero attached hydrogens (tertiary/aromatic N) is 1. The number of hydrogen-bond donors (Lipinski definition) is 9. The molecular weight excluding hydrogens is 470 g/mol. The Morgan fingerprint density at radius 3 is 1.91 bits per heavy atom. The average molecular weight is 499 g/mol. The zero-order chi connectivity index (χ0) is 26.5. The smallest absolute Gasteiger partial charge is 0.326 e. The third-order valence-electron chi connectivity index (χ3n) is 4.72. The van der Waals surface area contributed by atoms with E-state index in [1.807, 2.05) is 0 Å². The molecule has 1 aromatic rings. The molecule has 16 heteroatoms. The van der Waals surface area contributed by atoms with E-state index < -0.39 is 79.2 Å². The molecule has 0 aliphatic carbocycles. The molecule has 4 amide bonds. The van der Waals surface area contributed by atoms with Crippen LogP contribution in [0.4, 0.5) is 0 Å². The van der Waals surface area contributed by atoms with Crippen molar-refractivity contribution < 1.29 is 44.1 Å². The zero-order valence-electron chi connectivity index (χ0n) is 18.6. The van der Waals surface area contributed by atoms with Gasteiger partial charge in [-0.1, -0.05) is 0 Å². The van der Waals surface area contributed by atoms with Gasteiger partial charge in [0.2, 0.25) is 23.6 Å². The topological polar surface area (TPSA) is 280 Å². The van der Waals surface area contributed by atoms with E-state index in [-0.39, 0.29) is 19.3 Å². The van der Waals surface area contributed by atoms with Crippen molar-refractivity contribution in [2.24, 2.45) is 11.5 Å². The van der Waals surface area contributed by atoms with E-state index >= 15 is 0 Å². The monoisotopic (exact) mass is 499 g/mol. The van der Waals surface area contributed by atoms with Crippen molar-refractivity contribution in [1.29, 1.82) is 0 Å². The van der Waals surface area contributed by atoms with Crippen LogP contribution in [0.5, 0.6) is 0 Å². The van der Waals surface area contributed by atoms with Crippen LogP contribution >= 0.6 is 0 Å². The first-order chi connectivity index (χ1) is 16.4. The van der Waals surface area contributed by atoms with E-state index in [2.05, 4.69) is 25.9 Å². The number of hydrogen-bond acceptors (Lipinski definition) is 9. The van der Waals surface area contributed by atoms with Crippen molar-refractivity contribution >= 4 is 35.6 Å². The van der Waals surface area contributed by atoms with Gasteiger partial charge in [0.05, 0.1) is 12.9 Å². The van der Waals surface area contributed by atoms with Crippen LogP contribution in [0.3, 0.4) is 0 Å². The fourth-order valence-corrected chi connectivity index (χ4v) is 2.81. The van der Waals surface area contributed by atoms with Gasteiger partial charge in [-0.3, -0.25) is 24.0 Å². The number of aliphatic hydroxyl groups excluding tert-OH is 1. The molecule has 1 rings (SSSR count). The van der Waals surface area contributed by atoms with Crippen LogP contribution in [-0.4, -0.2) is 91.6 Å². The maximum Gasteiger partial charge on any atom is 0.326 e. The molecule has 194 valence electrons. The van der Waals surface area contributed by atoms with E-state index in [1.54, 1.807) is 0 Å². The summed E-state index contributed by atoms with van der Waals surface area (Å²) in [5.41, 5.74) is 10.9. The minimum Gasteiger partial charge on any atom is -0.481 e. The van der Waals surface area contributed by atoms with Gasteiger partial charge in [0.15, 0.2) is 0 Å². The predicted octanol–water partition coefficient (Wildman–Crippen LogP) is -4.06. The minimum atomic E-state index is -1.50. The van der Waals surface area contributed by atoms with Crippen molar-refractivity contribution in [3.05, 3.63) is 18.2 Å². The molecule has 16 nitrogen and oxygen atoms in total. The Morgan fingerprint density at radius 1 is 0.914 bits per heavy atom. The van der Waals surface area contributed by atoms with Gasteiger partial charge >= 0.3 is 11.9 Å². The van der Waals surface area contributed by atoms with E-state index in [9.17, 15) is 33.9 Å². The molecule has 0 fully saturated rings. The Morgan fingerprint density at radius 2 is 1.46 bits per heavy atom. The summed E-state index contributed by atoms with van der Waals surface area (Å²) < 4.78 is 0. The summed E-state index contributed by atoms with van der Waals surface area (Å²) >= 11 is 0. The second-order valence-corrected chi connectivity index (χ2v) is 7.53. The number of carboxylic acid groups (broad SMARTS) is 2. The van der Waals surface area contributed by atoms with Crippen molar-refractivity contribution in [2.75, 3.05) is 6.61 Å². The normalized spacial score (nSPS) is 14.1. The lowest BCUT2D eigenvalue weighted by molar-refractivity contribution is -0.143. The lowest BCUT2D eigenvalue weighted by atomic mass is 10.1. The number of carbonyl (C=O) groups is 6. The van der Waals surface area contributed by atoms with Gasteiger partial charge < -0.3 is 47.7 Å². The van der Waals surface area contributed by atoms with Gasteiger partial charge in [0.25, 0.3) is 0 Å². The lowest BCUT2D eigenvalue weighted by Crippen LogP contribution is -2.57. The van der Waals surface area contributed by atoms with Crippen molar-refractivity contribution in [3.63, 3.8) is 0 Å². The summed E-state index contributed by atoms with van der Waals surface area (Å²) in [6.07, 6.45) is 0.932. The van der Waals surface area contributed by atoms with Crippen LogP contribution < -0.4 is 27.4 Å². The summed E-state index contributed by atoms with van der Waals surface area (Å²) in [6, 6.07) is -5.71. The first-order valence-electron chi connectivity index (χ1n) is 10.4. The van der Waals surface area contributed by atoms with Crippen LogP contribution in [0.2, 0.25) is 0 Å². The number of H-pyrrole nitrogens is 1. The molecule has 0 radical (unpaired) electrons. The van der Waals surface area contributed by atoms with Gasteiger partial charge in [0.1, 0.15) is 24.2 Å². The van der Waals surface area contributed by atoms with Gasteiger partial charge in [-0.05, 0) is 12.8 Å². The maximum absolute atomic E-state index is 12.8. The number of aromatic nitrogens is 2. The predicted molar refractivity (Wildman–Crippen MR) is 116 cm³/mol. The lowest BCUT2D eigenvalue weighted by Gasteiger charge is -2.24. The van der Waals surface area contributed by atoms with Gasteiger partial charge in [0, 0.05) is 31.2 Å². The van der Waals surface area contributed by atoms with Crippen molar-refractivity contribution in [2.45, 2.75) is 56.3 Å². The Hall–Kier alpha value is -4.05. The van der Waals surface area contributed by atoms with Gasteiger partial charge in [-0.2, -0.15) is 0 Å². The van der Waals surface area contributed by atoms with E-state index in [0.717, 1.165) is 0 Å². The number of rotatable bonds is 16. The number of aliphatic carboxylic acids is 2. The van der Waals surface area contributed by atoms with Crippen LogP contribution in [0.1, 0.15) is 31.4 Å². The highest BCUT2D eigenvalue weighted by Crippen LogP contribution is 2.05. The minimum absolute atomic E-state index is 0.170. The Labute approximate surface area is 198 Å². The van der Waals surface area contributed by atoms with E-state index in [0.29, 0.717) is 5.69 Å². The van der Waals surface area contributed by atoms with Crippen LogP contribution in [0, 0.1) is 0 Å². The number of imidazole rings is 1. The number of nitrogens with two attached hydrogens (primary N) is 2. The fourth-order valence-electron chi connectivity index (χ4n) is 2.81. The molecule has 1 heterocycles. The number of nitrogens with one attached hydrogen (secondary N) is 4. The molecular formula is C19H29N7O9. The van der Waals surface area contributed by atoms with Gasteiger partial charge in [-0.15, -0.1) is 0 Å². The molecule has 4 atom stereocenters. The molecule has 0 saturated carbocycles. The molecule has 4 unspecified atom stereocenters. The number of amides is 4. The maximum atomic E-state index is 12.8. The SMILES string of the molecule is NC(=O)CCC(NC(=O)C(N)CO)C(=O)NC(CCC(=O)O)C(=O)NC(Cc1cnc[nH]1)C(=O)O. The fraction of sp³-hybridized carbons (Fsp3) is 0.526. The largest absolute Gasteiger partial charge is 0.481 e. The Balaban J connectivity index is 3.02. The standard InChI is InChI=1S/C19H29N7O9/c20-10(7-27)16(31)24-11(1-3-14(21)28)17(32)25-12(2-4-15(29)30)18(33)26-13(19(34)35)5-9-6-22-8-23-9/h6,8,10-13,27H,1-5,7,20H2,(H2,21,28)(H,22,23)(H,24,31)(H,25,32)(H,26,33)(H,29,30)(H,34,35). The highest BCUT2D eigenvalue weighted by Gasteiger charge is 2.31. The molecule has 0 aliphatic heterocycles. The van der Waals surface area contributed by atoms with Crippen LogP contribution in [-0.2, 0) is 35.2 Å². The zero-order valence-corrected chi connectivity index (χ0v) is 18.6. The second-order valence-electron chi connectivity index (χ2n) is 7.53. The first kappa shape index (κ1) is 29.0. The molecule has 1 aromatic heterocycles. The number of aliphatic hydroxyl groups is 1. The highest BCUT2D eigenvalue weighted by atomic mass is 16.4. The van der Waals surface area contributed by atoms with Crippen LogP contribution in [0.15, 0.2) is 12.5 Å². The number of carbonyl (C=O) groups excluding carboxylic acids is 4. The average Bonchev–Trinajstić information content (AvgIpc) is 3.30. The molecule has 35 heavy (non-hydrogen) atoms. The molecule has 0 spiro atoms. The van der Waals surface area contributed by atoms with Crippen molar-refractivity contribution in [3.8, 4) is 0 Å². The highest BCUT2D eigenvalue weighted by molar-refractivity contribution is 5.94. The summed E-state index contributed by atoms with van der Waals surface area (Å²) in [6.45, 7) is -0.730. The van der Waals surface area contributed by atoms with Crippen LogP contribution in [0.25, 0.3) is 0 Å². The number of aromatic amines is 1. The quantitative estimate of drug-likeness (QED) is 0.105.